The molecular formula is C24H36O2. The Labute approximate surface area is 159 Å². The van der Waals surface area contributed by atoms with Gasteiger partial charge in [0, 0.05) is 6.61 Å². The Morgan fingerprint density at radius 3 is 2.00 bits per heavy atom. The minimum absolute atomic E-state index is 0.390. The molecule has 2 aliphatic heterocycles. The van der Waals surface area contributed by atoms with E-state index in [1.165, 1.54) is 69.8 Å². The molecule has 144 valence electrons. The molecule has 2 saturated heterocycles. The van der Waals surface area contributed by atoms with Gasteiger partial charge >= 0.3 is 0 Å². The first-order valence-corrected chi connectivity index (χ1v) is 11.1. The third-order valence-corrected chi connectivity index (χ3v) is 7.02. The Morgan fingerprint density at radius 2 is 1.38 bits per heavy atom. The smallest absolute Gasteiger partial charge is 0.106 e. The van der Waals surface area contributed by atoms with E-state index in [1.807, 2.05) is 0 Å². The average Bonchev–Trinajstić information content (AvgIpc) is 3.54. The lowest BCUT2D eigenvalue weighted by atomic mass is 9.76. The van der Waals surface area contributed by atoms with Crippen molar-refractivity contribution in [3.05, 3.63) is 35.4 Å². The van der Waals surface area contributed by atoms with Gasteiger partial charge in [-0.1, -0.05) is 44.0 Å². The van der Waals surface area contributed by atoms with Crippen molar-refractivity contribution in [1.29, 1.82) is 0 Å². The van der Waals surface area contributed by atoms with Gasteiger partial charge in [-0.05, 0) is 80.2 Å². The standard InChI is InChI=1S/C24H36O2/c1-2-3-23-15-8-19(16-25-23)5-4-18-6-9-20(10-7-18)21-11-13-22(14-12-21)24-17-26-24/h11-14,18-20,23-24H,2-10,15-17H2,1H3. The van der Waals surface area contributed by atoms with Gasteiger partial charge in [0.05, 0.1) is 12.7 Å². The van der Waals surface area contributed by atoms with E-state index in [9.17, 15) is 0 Å². The number of hydrogen-bond acceptors (Lipinski definition) is 2. The maximum atomic E-state index is 6.07. The van der Waals surface area contributed by atoms with Crippen molar-refractivity contribution in [3.63, 3.8) is 0 Å². The fourth-order valence-electron chi connectivity index (χ4n) is 5.12. The summed E-state index contributed by atoms with van der Waals surface area (Å²) in [6.07, 6.45) is 14.6. The molecule has 0 amide bonds. The second kappa shape index (κ2) is 8.89. The van der Waals surface area contributed by atoms with Crippen LogP contribution in [0.4, 0.5) is 0 Å². The maximum Gasteiger partial charge on any atom is 0.106 e. The number of rotatable bonds is 7. The predicted molar refractivity (Wildman–Crippen MR) is 106 cm³/mol. The lowest BCUT2D eigenvalue weighted by Gasteiger charge is -2.32. The van der Waals surface area contributed by atoms with Gasteiger partial charge in [0.1, 0.15) is 6.10 Å². The quantitative estimate of drug-likeness (QED) is 0.527. The zero-order valence-corrected chi connectivity index (χ0v) is 16.5. The maximum absolute atomic E-state index is 6.07. The summed E-state index contributed by atoms with van der Waals surface area (Å²) in [5, 5.41) is 0. The third-order valence-electron chi connectivity index (χ3n) is 7.02. The molecule has 0 N–H and O–H groups in total. The second-order valence-electron chi connectivity index (χ2n) is 8.97. The van der Waals surface area contributed by atoms with Crippen LogP contribution in [-0.4, -0.2) is 19.3 Å². The van der Waals surface area contributed by atoms with Crippen molar-refractivity contribution < 1.29 is 9.47 Å². The molecule has 1 aliphatic carbocycles. The van der Waals surface area contributed by atoms with Crippen LogP contribution in [0.2, 0.25) is 0 Å². The first-order chi connectivity index (χ1) is 12.8. The van der Waals surface area contributed by atoms with E-state index in [4.69, 9.17) is 9.47 Å². The van der Waals surface area contributed by atoms with Crippen LogP contribution in [0.3, 0.4) is 0 Å². The van der Waals surface area contributed by atoms with Gasteiger partial charge in [0.2, 0.25) is 0 Å². The highest BCUT2D eigenvalue weighted by molar-refractivity contribution is 5.28. The van der Waals surface area contributed by atoms with E-state index in [0.29, 0.717) is 12.2 Å². The predicted octanol–water partition coefficient (Wildman–Crippen LogP) is 6.41. The van der Waals surface area contributed by atoms with Crippen molar-refractivity contribution in [2.45, 2.75) is 89.3 Å². The van der Waals surface area contributed by atoms with Gasteiger partial charge in [-0.25, -0.2) is 0 Å². The minimum atomic E-state index is 0.390. The Hall–Kier alpha value is -0.860. The van der Waals surface area contributed by atoms with Gasteiger partial charge in [0.25, 0.3) is 0 Å². The van der Waals surface area contributed by atoms with Crippen molar-refractivity contribution >= 4 is 0 Å². The topological polar surface area (TPSA) is 21.8 Å². The summed E-state index contributed by atoms with van der Waals surface area (Å²) in [4.78, 5) is 0. The van der Waals surface area contributed by atoms with E-state index in [1.54, 1.807) is 5.56 Å². The largest absolute Gasteiger partial charge is 0.378 e. The first-order valence-electron chi connectivity index (χ1n) is 11.1. The second-order valence-corrected chi connectivity index (χ2v) is 8.97. The molecule has 26 heavy (non-hydrogen) atoms. The van der Waals surface area contributed by atoms with Gasteiger partial charge < -0.3 is 9.47 Å². The zero-order valence-electron chi connectivity index (χ0n) is 16.5. The number of hydrogen-bond donors (Lipinski definition) is 0. The SMILES string of the molecule is CCCC1CCC(CCC2CCC(c3ccc(C4CO4)cc3)CC2)CO1. The molecule has 1 aromatic rings. The molecule has 2 heterocycles. The molecule has 0 radical (unpaired) electrons. The normalized spacial score (nSPS) is 34.6. The lowest BCUT2D eigenvalue weighted by Crippen LogP contribution is -2.26. The van der Waals surface area contributed by atoms with Crippen molar-refractivity contribution in [2.24, 2.45) is 11.8 Å². The zero-order chi connectivity index (χ0) is 17.8. The highest BCUT2D eigenvalue weighted by Crippen LogP contribution is 2.39. The van der Waals surface area contributed by atoms with Crippen molar-refractivity contribution in [2.75, 3.05) is 13.2 Å². The Bertz CT molecular complexity index is 532. The van der Waals surface area contributed by atoms with Crippen LogP contribution in [0, 0.1) is 11.8 Å². The molecule has 1 saturated carbocycles. The summed E-state index contributed by atoms with van der Waals surface area (Å²) in [6, 6.07) is 9.28. The van der Waals surface area contributed by atoms with E-state index in [0.717, 1.165) is 31.0 Å². The first kappa shape index (κ1) is 18.5. The summed E-state index contributed by atoms with van der Waals surface area (Å²) in [6.45, 7) is 4.20. The van der Waals surface area contributed by atoms with E-state index < -0.39 is 0 Å². The van der Waals surface area contributed by atoms with Crippen LogP contribution < -0.4 is 0 Å². The lowest BCUT2D eigenvalue weighted by molar-refractivity contribution is -0.0236. The van der Waals surface area contributed by atoms with E-state index >= 15 is 0 Å². The summed E-state index contributed by atoms with van der Waals surface area (Å²) < 4.78 is 11.4. The number of benzene rings is 1. The summed E-state index contributed by atoms with van der Waals surface area (Å²) >= 11 is 0. The van der Waals surface area contributed by atoms with Gasteiger partial charge in [-0.3, -0.25) is 0 Å². The molecule has 0 aromatic heterocycles. The summed E-state index contributed by atoms with van der Waals surface area (Å²) in [5.41, 5.74) is 2.91. The van der Waals surface area contributed by atoms with Crippen molar-refractivity contribution in [1.82, 2.24) is 0 Å². The van der Waals surface area contributed by atoms with Crippen LogP contribution in [0.25, 0.3) is 0 Å². The van der Waals surface area contributed by atoms with Crippen LogP contribution >= 0.6 is 0 Å². The highest BCUT2D eigenvalue weighted by atomic mass is 16.6. The van der Waals surface area contributed by atoms with Crippen LogP contribution in [0.1, 0.15) is 94.3 Å². The van der Waals surface area contributed by atoms with Crippen LogP contribution in [0.15, 0.2) is 24.3 Å². The highest BCUT2D eigenvalue weighted by Gasteiger charge is 2.27. The molecule has 1 aromatic carbocycles. The Kier molecular flexibility index (Phi) is 6.32. The molecule has 2 heteroatoms. The summed E-state index contributed by atoms with van der Waals surface area (Å²) in [5.74, 6) is 2.57. The molecule has 0 bridgehead atoms. The molecular weight excluding hydrogens is 320 g/mol. The molecule has 3 unspecified atom stereocenters. The number of ether oxygens (including phenoxy) is 2. The Balaban J connectivity index is 1.16. The van der Waals surface area contributed by atoms with Gasteiger partial charge in [-0.15, -0.1) is 0 Å². The van der Waals surface area contributed by atoms with Crippen LogP contribution in [0.5, 0.6) is 0 Å². The molecule has 3 atom stereocenters. The molecule has 2 nitrogen and oxygen atoms in total. The molecule has 3 aliphatic rings. The monoisotopic (exact) mass is 356 g/mol. The van der Waals surface area contributed by atoms with Crippen molar-refractivity contribution in [3.8, 4) is 0 Å². The van der Waals surface area contributed by atoms with E-state index in [2.05, 4.69) is 31.2 Å². The van der Waals surface area contributed by atoms with Gasteiger partial charge in [0.15, 0.2) is 0 Å². The number of epoxide rings is 1. The fourth-order valence-corrected chi connectivity index (χ4v) is 5.12. The van der Waals surface area contributed by atoms with E-state index in [-0.39, 0.29) is 0 Å². The van der Waals surface area contributed by atoms with Crippen LogP contribution in [-0.2, 0) is 9.47 Å². The van der Waals surface area contributed by atoms with Gasteiger partial charge in [-0.2, -0.15) is 0 Å². The molecule has 0 spiro atoms. The molecule has 3 fully saturated rings. The Morgan fingerprint density at radius 1 is 0.731 bits per heavy atom. The minimum Gasteiger partial charge on any atom is -0.378 e. The summed E-state index contributed by atoms with van der Waals surface area (Å²) in [7, 11) is 0. The fraction of sp³-hybridized carbons (Fsp3) is 0.750. The average molecular weight is 357 g/mol. The molecule has 4 rings (SSSR count). The third kappa shape index (κ3) is 4.89.